The second-order valence-corrected chi connectivity index (χ2v) is 26.2. The van der Waals surface area contributed by atoms with E-state index in [9.17, 15) is 19.0 Å². The summed E-state index contributed by atoms with van der Waals surface area (Å²) in [5.41, 5.74) is 5.40. The van der Waals surface area contributed by atoms with Crippen LogP contribution in [0.25, 0.3) is 0 Å². The first-order valence-electron chi connectivity index (χ1n) is 37.4. The summed E-state index contributed by atoms with van der Waals surface area (Å²) in [7, 11) is -4.41. The van der Waals surface area contributed by atoms with Crippen LogP contribution in [-0.4, -0.2) is 49.3 Å². The number of phosphoric acid groups is 1. The Morgan fingerprint density at radius 1 is 0.348 bits per heavy atom. The highest BCUT2D eigenvalue weighted by Crippen LogP contribution is 2.43. The lowest BCUT2D eigenvalue weighted by Crippen LogP contribution is -2.29. The fourth-order valence-electron chi connectivity index (χ4n) is 10.7. The average molecular weight is 1260 g/mol. The SMILES string of the molecule is CC/C=C\C/C=C\C/C=C\C/C=C\C/C=C\C/C=C\C/C=C\C/C=C\C/C=C\CCCCCCCC(=O)OC(COC(=O)CCCCCCCCCCCCCCCCCCCCCCCCCCCCCCCCCCCCC)COP(=O)(O)OCCN. The lowest BCUT2D eigenvalue weighted by Gasteiger charge is -2.19. The highest BCUT2D eigenvalue weighted by molar-refractivity contribution is 7.47. The van der Waals surface area contributed by atoms with Crippen LogP contribution in [0.1, 0.15) is 348 Å². The number of hydrogen-bond acceptors (Lipinski definition) is 8. The molecule has 0 heterocycles. The summed E-state index contributed by atoms with van der Waals surface area (Å²) in [5, 5.41) is 0. The van der Waals surface area contributed by atoms with Gasteiger partial charge in [0.25, 0.3) is 0 Å². The zero-order chi connectivity index (χ0) is 64.4. The highest BCUT2D eigenvalue weighted by Gasteiger charge is 2.26. The maximum absolute atomic E-state index is 12.8. The van der Waals surface area contributed by atoms with Crippen molar-refractivity contribution < 1.29 is 37.6 Å². The maximum Gasteiger partial charge on any atom is 0.472 e. The summed E-state index contributed by atoms with van der Waals surface area (Å²) in [4.78, 5) is 35.4. The highest BCUT2D eigenvalue weighted by atomic mass is 31.2. The van der Waals surface area contributed by atoms with Crippen LogP contribution in [0.5, 0.6) is 0 Å². The molecule has 0 spiro atoms. The Balaban J connectivity index is 3.89. The Kier molecular flexibility index (Phi) is 71.0. The van der Waals surface area contributed by atoms with Crippen LogP contribution in [0.3, 0.4) is 0 Å². The molecule has 89 heavy (non-hydrogen) atoms. The van der Waals surface area contributed by atoms with Crippen molar-refractivity contribution in [2.45, 2.75) is 354 Å². The molecule has 2 unspecified atom stereocenters. The topological polar surface area (TPSA) is 134 Å². The fraction of sp³-hybridized carbons (Fsp3) is 0.747. The third-order valence-corrected chi connectivity index (χ3v) is 17.2. The number of phosphoric ester groups is 1. The standard InChI is InChI=1S/C79H140NO8P/c1-3-5-7-9-11-13-15-17-19-21-23-25-27-29-31-33-35-37-38-40-41-43-45-47-49-51-53-55-57-59-61-63-65-67-69-71-78(81)85-75-77(76-87-89(83,84)86-74-73-80)88-79(82)72-70-68-66-64-62-60-58-56-54-52-50-48-46-44-42-39-36-34-32-30-28-26-24-22-20-18-16-14-12-10-8-6-4-2/h6,8,12,14,18,20,24,26,30,32,36,39,44,46,50,52,56,58,77H,3-5,7,9-11,13,15-17,19,21-23,25,27-29,31,33-35,37-38,40-43,45,47-49,51,53-55,57,59-76,80H2,1-2H3,(H,83,84)/b8-6-,14-12-,20-18-,26-24-,32-30-,39-36-,46-44-,52-50-,58-56-. The van der Waals surface area contributed by atoms with E-state index in [1.807, 2.05) is 0 Å². The third-order valence-electron chi connectivity index (χ3n) is 16.2. The normalized spacial score (nSPS) is 13.5. The predicted molar refractivity (Wildman–Crippen MR) is 385 cm³/mol. The van der Waals surface area contributed by atoms with Gasteiger partial charge in [-0.3, -0.25) is 18.6 Å². The van der Waals surface area contributed by atoms with Crippen molar-refractivity contribution in [2.24, 2.45) is 5.73 Å². The quantitative estimate of drug-likeness (QED) is 0.0264. The van der Waals surface area contributed by atoms with Gasteiger partial charge in [-0.15, -0.1) is 0 Å². The van der Waals surface area contributed by atoms with E-state index in [4.69, 9.17) is 24.3 Å². The van der Waals surface area contributed by atoms with Gasteiger partial charge in [0.1, 0.15) is 6.61 Å². The smallest absolute Gasteiger partial charge is 0.462 e. The number of esters is 2. The summed E-state index contributed by atoms with van der Waals surface area (Å²) in [6.45, 7) is 3.65. The lowest BCUT2D eigenvalue weighted by molar-refractivity contribution is -0.161. The Labute approximate surface area is 549 Å². The molecular formula is C79H140NO8P. The van der Waals surface area contributed by atoms with Gasteiger partial charge in [-0.2, -0.15) is 0 Å². The molecule has 0 bridgehead atoms. The van der Waals surface area contributed by atoms with Crippen molar-refractivity contribution in [3.05, 3.63) is 109 Å². The van der Waals surface area contributed by atoms with Crippen LogP contribution < -0.4 is 5.73 Å². The number of rotatable bonds is 70. The van der Waals surface area contributed by atoms with E-state index < -0.39 is 26.5 Å². The molecule has 2 atom stereocenters. The van der Waals surface area contributed by atoms with Crippen molar-refractivity contribution >= 4 is 19.8 Å². The largest absolute Gasteiger partial charge is 0.472 e. The van der Waals surface area contributed by atoms with Crippen molar-refractivity contribution in [2.75, 3.05) is 26.4 Å². The van der Waals surface area contributed by atoms with Gasteiger partial charge < -0.3 is 20.1 Å². The van der Waals surface area contributed by atoms with Crippen LogP contribution in [0.2, 0.25) is 0 Å². The molecule has 0 aromatic heterocycles. The maximum atomic E-state index is 12.8. The first-order chi connectivity index (χ1) is 43.8. The monoisotopic (exact) mass is 1260 g/mol. The number of nitrogens with two attached hydrogens (primary N) is 1. The van der Waals surface area contributed by atoms with Crippen LogP contribution in [0, 0.1) is 0 Å². The van der Waals surface area contributed by atoms with Crippen molar-refractivity contribution in [1.29, 1.82) is 0 Å². The van der Waals surface area contributed by atoms with Crippen LogP contribution in [-0.2, 0) is 32.7 Å². The van der Waals surface area contributed by atoms with Crippen LogP contribution in [0.15, 0.2) is 109 Å². The molecular weight excluding hydrogens is 1120 g/mol. The molecule has 0 aliphatic rings. The Morgan fingerprint density at radius 2 is 0.618 bits per heavy atom. The van der Waals surface area contributed by atoms with Gasteiger partial charge in [-0.25, -0.2) is 4.57 Å². The van der Waals surface area contributed by atoms with Gasteiger partial charge in [0.15, 0.2) is 6.10 Å². The molecule has 0 saturated carbocycles. The summed E-state index contributed by atoms with van der Waals surface area (Å²) in [5.74, 6) is -0.843. The average Bonchev–Trinajstić information content (AvgIpc) is 3.58. The molecule has 0 aliphatic heterocycles. The van der Waals surface area contributed by atoms with Crippen LogP contribution in [0.4, 0.5) is 0 Å². The molecule has 10 heteroatoms. The summed E-state index contributed by atoms with van der Waals surface area (Å²) in [6, 6.07) is 0. The molecule has 0 aromatic rings. The van der Waals surface area contributed by atoms with Gasteiger partial charge in [-0.1, -0.05) is 361 Å². The Hall–Kier alpha value is -3.33. The molecule has 0 saturated heterocycles. The van der Waals surface area contributed by atoms with Crippen molar-refractivity contribution in [1.82, 2.24) is 0 Å². The molecule has 0 amide bonds. The van der Waals surface area contributed by atoms with E-state index >= 15 is 0 Å². The van der Waals surface area contributed by atoms with E-state index in [1.165, 1.54) is 205 Å². The van der Waals surface area contributed by atoms with Crippen molar-refractivity contribution in [3.63, 3.8) is 0 Å². The summed E-state index contributed by atoms with van der Waals surface area (Å²) < 4.78 is 33.2. The Morgan fingerprint density at radius 3 is 0.921 bits per heavy atom. The second-order valence-electron chi connectivity index (χ2n) is 24.8. The first-order valence-corrected chi connectivity index (χ1v) is 38.9. The molecule has 0 radical (unpaired) electrons. The minimum Gasteiger partial charge on any atom is -0.462 e. The fourth-order valence-corrected chi connectivity index (χ4v) is 11.5. The number of carbonyl (C=O) groups excluding carboxylic acids is 2. The van der Waals surface area contributed by atoms with Gasteiger partial charge >= 0.3 is 19.8 Å². The number of hydrogen-bond donors (Lipinski definition) is 2. The van der Waals surface area contributed by atoms with Gasteiger partial charge in [0.05, 0.1) is 13.2 Å². The predicted octanol–water partition coefficient (Wildman–Crippen LogP) is 24.9. The minimum atomic E-state index is -4.41. The summed E-state index contributed by atoms with van der Waals surface area (Å²) in [6.07, 6.45) is 102. The number of ether oxygens (including phenoxy) is 2. The minimum absolute atomic E-state index is 0.0459. The zero-order valence-corrected chi connectivity index (χ0v) is 58.8. The molecule has 0 aliphatic carbocycles. The zero-order valence-electron chi connectivity index (χ0n) is 57.9. The van der Waals surface area contributed by atoms with E-state index in [0.717, 1.165) is 109 Å². The molecule has 3 N–H and O–H groups in total. The summed E-state index contributed by atoms with van der Waals surface area (Å²) >= 11 is 0. The third kappa shape index (κ3) is 73.6. The Bertz CT molecular complexity index is 1830. The van der Waals surface area contributed by atoms with Gasteiger partial charge in [0.2, 0.25) is 0 Å². The van der Waals surface area contributed by atoms with E-state index in [2.05, 4.69) is 123 Å². The van der Waals surface area contributed by atoms with Crippen LogP contribution >= 0.6 is 7.82 Å². The molecule has 9 nitrogen and oxygen atoms in total. The number of carbonyl (C=O) groups is 2. The van der Waals surface area contributed by atoms with Crippen molar-refractivity contribution in [3.8, 4) is 0 Å². The van der Waals surface area contributed by atoms with Gasteiger partial charge in [-0.05, 0) is 83.5 Å². The molecule has 0 fully saturated rings. The molecule has 0 rings (SSSR count). The van der Waals surface area contributed by atoms with Gasteiger partial charge in [0, 0.05) is 19.4 Å². The van der Waals surface area contributed by atoms with E-state index in [-0.39, 0.29) is 38.6 Å². The lowest BCUT2D eigenvalue weighted by atomic mass is 10.0. The molecule has 514 valence electrons. The number of unbranched alkanes of at least 4 members (excludes halogenated alkanes) is 39. The van der Waals surface area contributed by atoms with E-state index in [1.54, 1.807) is 0 Å². The first kappa shape index (κ1) is 85.7. The number of allylic oxidation sites excluding steroid dienone is 18. The molecule has 0 aromatic carbocycles. The van der Waals surface area contributed by atoms with E-state index in [0.29, 0.717) is 6.42 Å². The second kappa shape index (κ2) is 73.7.